The van der Waals surface area contributed by atoms with E-state index in [1.165, 1.54) is 0 Å². The second kappa shape index (κ2) is 7.61. The number of hydrogen-bond donors (Lipinski definition) is 1. The zero-order valence-corrected chi connectivity index (χ0v) is 13.3. The van der Waals surface area contributed by atoms with Crippen molar-refractivity contribution in [1.82, 2.24) is 0 Å². The number of rotatable bonds is 6. The number of para-hydroxylation sites is 1. The lowest BCUT2D eigenvalue weighted by molar-refractivity contribution is 0.366. The largest absolute Gasteiger partial charge is 0.497 e. The first kappa shape index (κ1) is 15.3. The second-order valence-corrected chi connectivity index (χ2v) is 5.15. The van der Waals surface area contributed by atoms with Crippen LogP contribution in [0.25, 0.3) is 0 Å². The highest BCUT2D eigenvalue weighted by Crippen LogP contribution is 2.28. The predicted molar refractivity (Wildman–Crippen MR) is 88.8 cm³/mol. The molecule has 2 rings (SSSR count). The van der Waals surface area contributed by atoms with E-state index in [0.29, 0.717) is 6.54 Å². The summed E-state index contributed by atoms with van der Waals surface area (Å²) in [5.74, 6) is 4.07. The maximum Gasteiger partial charge on any atom is 0.148 e. The Morgan fingerprint density at radius 1 is 1.24 bits per heavy atom. The van der Waals surface area contributed by atoms with Gasteiger partial charge in [0.1, 0.15) is 18.1 Å². The third kappa shape index (κ3) is 4.17. The van der Waals surface area contributed by atoms with E-state index in [9.17, 15) is 0 Å². The normalized spacial score (nSPS) is 9.76. The molecule has 3 nitrogen and oxygen atoms in total. The number of halogens is 1. The monoisotopic (exact) mass is 345 g/mol. The molecular formula is C17H16BrNO2. The molecular weight excluding hydrogens is 330 g/mol. The number of hydrogen-bond acceptors (Lipinski definition) is 3. The molecule has 21 heavy (non-hydrogen) atoms. The van der Waals surface area contributed by atoms with Crippen LogP contribution >= 0.6 is 15.9 Å². The number of terminal acetylenes is 1. The van der Waals surface area contributed by atoms with Crippen LogP contribution in [0.3, 0.4) is 0 Å². The zero-order valence-electron chi connectivity index (χ0n) is 11.7. The Morgan fingerprint density at radius 2 is 2.05 bits per heavy atom. The van der Waals surface area contributed by atoms with Crippen molar-refractivity contribution in [1.29, 1.82) is 0 Å². The highest BCUT2D eigenvalue weighted by Gasteiger charge is 2.05. The molecule has 0 amide bonds. The molecule has 0 fully saturated rings. The fraction of sp³-hybridized carbons (Fsp3) is 0.176. The van der Waals surface area contributed by atoms with Gasteiger partial charge in [-0.25, -0.2) is 0 Å². The fourth-order valence-corrected chi connectivity index (χ4v) is 2.25. The van der Waals surface area contributed by atoms with Crippen LogP contribution in [0.1, 0.15) is 5.56 Å². The molecule has 0 aromatic heterocycles. The number of anilines is 1. The van der Waals surface area contributed by atoms with Gasteiger partial charge in [-0.3, -0.25) is 0 Å². The van der Waals surface area contributed by atoms with Gasteiger partial charge in [-0.1, -0.05) is 24.1 Å². The summed E-state index contributed by atoms with van der Waals surface area (Å²) in [5.41, 5.74) is 2.00. The minimum atomic E-state index is 0.264. The Kier molecular flexibility index (Phi) is 5.53. The van der Waals surface area contributed by atoms with Crippen molar-refractivity contribution in [2.45, 2.75) is 6.54 Å². The smallest absolute Gasteiger partial charge is 0.148 e. The molecule has 4 heteroatoms. The molecule has 0 bridgehead atoms. The first-order chi connectivity index (χ1) is 10.2. The van der Waals surface area contributed by atoms with Gasteiger partial charge in [0.2, 0.25) is 0 Å². The molecule has 0 aliphatic carbocycles. The lowest BCUT2D eigenvalue weighted by Gasteiger charge is -2.13. The summed E-state index contributed by atoms with van der Waals surface area (Å²) in [6.07, 6.45) is 5.23. The Balaban J connectivity index is 2.11. The average molecular weight is 346 g/mol. The third-order valence-corrected chi connectivity index (χ3v) is 3.62. The van der Waals surface area contributed by atoms with E-state index < -0.39 is 0 Å². The minimum absolute atomic E-state index is 0.264. The van der Waals surface area contributed by atoms with Crippen LogP contribution in [0.4, 0.5) is 5.69 Å². The molecule has 1 N–H and O–H groups in total. The summed E-state index contributed by atoms with van der Waals surface area (Å²) in [4.78, 5) is 0. The maximum atomic E-state index is 5.54. The molecule has 0 unspecified atom stereocenters. The van der Waals surface area contributed by atoms with Crippen LogP contribution in [-0.4, -0.2) is 13.7 Å². The first-order valence-electron chi connectivity index (χ1n) is 6.46. The van der Waals surface area contributed by atoms with Gasteiger partial charge in [0.25, 0.3) is 0 Å². The second-order valence-electron chi connectivity index (χ2n) is 4.30. The van der Waals surface area contributed by atoms with E-state index in [4.69, 9.17) is 15.9 Å². The SMILES string of the molecule is C#CCOc1ccccc1CNc1cc(OC)ccc1Br. The van der Waals surface area contributed by atoms with Crippen LogP contribution in [0.2, 0.25) is 0 Å². The number of ether oxygens (including phenoxy) is 2. The van der Waals surface area contributed by atoms with E-state index >= 15 is 0 Å². The van der Waals surface area contributed by atoms with E-state index in [1.807, 2.05) is 42.5 Å². The highest BCUT2D eigenvalue weighted by molar-refractivity contribution is 9.10. The molecule has 2 aromatic carbocycles. The van der Waals surface area contributed by atoms with E-state index in [1.54, 1.807) is 7.11 Å². The maximum absolute atomic E-state index is 5.54. The van der Waals surface area contributed by atoms with Gasteiger partial charge in [0.05, 0.1) is 12.8 Å². The lowest BCUT2D eigenvalue weighted by Crippen LogP contribution is -2.04. The van der Waals surface area contributed by atoms with Gasteiger partial charge in [-0.05, 0) is 34.1 Å². The summed E-state index contributed by atoms with van der Waals surface area (Å²) in [6, 6.07) is 13.6. The highest BCUT2D eigenvalue weighted by atomic mass is 79.9. The summed E-state index contributed by atoms with van der Waals surface area (Å²) in [6.45, 7) is 0.895. The van der Waals surface area contributed by atoms with Gasteiger partial charge in [0, 0.05) is 22.6 Å². The average Bonchev–Trinajstić information content (AvgIpc) is 2.53. The van der Waals surface area contributed by atoms with Crippen LogP contribution in [-0.2, 0) is 6.54 Å². The van der Waals surface area contributed by atoms with Gasteiger partial charge in [0.15, 0.2) is 0 Å². The van der Waals surface area contributed by atoms with Crippen LogP contribution in [0.15, 0.2) is 46.9 Å². The topological polar surface area (TPSA) is 30.5 Å². The third-order valence-electron chi connectivity index (χ3n) is 2.93. The predicted octanol–water partition coefficient (Wildman–Crippen LogP) is 4.08. The van der Waals surface area contributed by atoms with Gasteiger partial charge < -0.3 is 14.8 Å². The number of benzene rings is 2. The van der Waals surface area contributed by atoms with Gasteiger partial charge in [-0.15, -0.1) is 6.42 Å². The van der Waals surface area contributed by atoms with Gasteiger partial charge in [-0.2, -0.15) is 0 Å². The molecule has 2 aromatic rings. The molecule has 0 atom stereocenters. The Labute approximate surface area is 133 Å². The first-order valence-corrected chi connectivity index (χ1v) is 7.25. The molecule has 0 radical (unpaired) electrons. The molecule has 0 aliphatic rings. The molecule has 0 aliphatic heterocycles. The van der Waals surface area contributed by atoms with E-state index in [0.717, 1.165) is 27.2 Å². The molecule has 0 spiro atoms. The van der Waals surface area contributed by atoms with Crippen LogP contribution in [0, 0.1) is 12.3 Å². The van der Waals surface area contributed by atoms with Gasteiger partial charge >= 0.3 is 0 Å². The Bertz CT molecular complexity index is 649. The molecule has 0 saturated carbocycles. The van der Waals surface area contributed by atoms with Crippen molar-refractivity contribution in [2.75, 3.05) is 19.0 Å². The van der Waals surface area contributed by atoms with Crippen molar-refractivity contribution in [3.63, 3.8) is 0 Å². The van der Waals surface area contributed by atoms with Crippen molar-refractivity contribution < 1.29 is 9.47 Å². The molecule has 0 saturated heterocycles. The minimum Gasteiger partial charge on any atom is -0.497 e. The van der Waals surface area contributed by atoms with Crippen LogP contribution in [0.5, 0.6) is 11.5 Å². The quantitative estimate of drug-likeness (QED) is 0.800. The van der Waals surface area contributed by atoms with E-state index in [-0.39, 0.29) is 6.61 Å². The Hall–Kier alpha value is -2.12. The fourth-order valence-electron chi connectivity index (χ4n) is 1.87. The standard InChI is InChI=1S/C17H16BrNO2/c1-3-10-21-17-7-5-4-6-13(17)12-19-16-11-14(20-2)8-9-15(16)18/h1,4-9,11,19H,10,12H2,2H3. The zero-order chi connectivity index (χ0) is 15.1. The number of methoxy groups -OCH3 is 1. The summed E-state index contributed by atoms with van der Waals surface area (Å²) >= 11 is 3.52. The molecule has 0 heterocycles. The molecule has 108 valence electrons. The van der Waals surface area contributed by atoms with Crippen molar-refractivity contribution >= 4 is 21.6 Å². The van der Waals surface area contributed by atoms with Crippen LogP contribution < -0.4 is 14.8 Å². The number of nitrogens with one attached hydrogen (secondary N) is 1. The summed E-state index contributed by atoms with van der Waals surface area (Å²) in [7, 11) is 1.65. The van der Waals surface area contributed by atoms with E-state index in [2.05, 4.69) is 27.2 Å². The van der Waals surface area contributed by atoms with Crippen molar-refractivity contribution in [3.8, 4) is 23.8 Å². The van der Waals surface area contributed by atoms with Crippen molar-refractivity contribution in [2.24, 2.45) is 0 Å². The summed E-state index contributed by atoms with van der Waals surface area (Å²) in [5, 5.41) is 3.36. The summed E-state index contributed by atoms with van der Waals surface area (Å²) < 4.78 is 11.7. The Morgan fingerprint density at radius 3 is 2.81 bits per heavy atom. The van der Waals surface area contributed by atoms with Crippen molar-refractivity contribution in [3.05, 3.63) is 52.5 Å². The lowest BCUT2D eigenvalue weighted by atomic mass is 10.2.